The second-order valence-electron chi connectivity index (χ2n) is 5.34. The highest BCUT2D eigenvalue weighted by Gasteiger charge is 2.13. The van der Waals surface area contributed by atoms with Crippen LogP contribution in [0.3, 0.4) is 0 Å². The fourth-order valence-corrected chi connectivity index (χ4v) is 3.35. The predicted octanol–water partition coefficient (Wildman–Crippen LogP) is 2.82. The van der Waals surface area contributed by atoms with Gasteiger partial charge in [0.15, 0.2) is 0 Å². The van der Waals surface area contributed by atoms with Crippen molar-refractivity contribution in [3.8, 4) is 0 Å². The molecular weight excluding hydrogens is 326 g/mol. The van der Waals surface area contributed by atoms with Gasteiger partial charge in [0, 0.05) is 23.6 Å². The molecule has 0 aliphatic rings. The molecule has 1 amide bonds. The van der Waals surface area contributed by atoms with Gasteiger partial charge in [-0.25, -0.2) is 4.79 Å². The van der Waals surface area contributed by atoms with Gasteiger partial charge >= 0.3 is 5.97 Å². The Hall–Kier alpha value is -2.18. The van der Waals surface area contributed by atoms with Crippen molar-refractivity contribution in [1.82, 2.24) is 5.32 Å². The highest BCUT2D eigenvalue weighted by atomic mass is 32.1. The van der Waals surface area contributed by atoms with Gasteiger partial charge in [-0.1, -0.05) is 6.07 Å². The van der Waals surface area contributed by atoms with Crippen LogP contribution in [0.2, 0.25) is 0 Å². The summed E-state index contributed by atoms with van der Waals surface area (Å²) in [5.74, 6) is -0.359. The third-order valence-electron chi connectivity index (χ3n) is 3.77. The van der Waals surface area contributed by atoms with Crippen molar-refractivity contribution < 1.29 is 19.4 Å². The Morgan fingerprint density at radius 3 is 2.46 bits per heavy atom. The molecule has 1 atom stereocenters. The molecule has 2 rings (SSSR count). The summed E-state index contributed by atoms with van der Waals surface area (Å²) in [4.78, 5) is 24.7. The molecular formula is C18H21NO4S. The molecule has 0 aliphatic carbocycles. The second-order valence-corrected chi connectivity index (χ2v) is 6.32. The van der Waals surface area contributed by atoms with Gasteiger partial charge in [0.25, 0.3) is 5.91 Å². The smallest absolute Gasteiger partial charge is 0.337 e. The van der Waals surface area contributed by atoms with Crippen molar-refractivity contribution in [2.24, 2.45) is 0 Å². The summed E-state index contributed by atoms with van der Waals surface area (Å²) in [6.45, 7) is 0.658. The first kappa shape index (κ1) is 18.2. The van der Waals surface area contributed by atoms with E-state index in [1.165, 1.54) is 12.0 Å². The molecule has 0 unspecified atom stereocenters. The minimum atomic E-state index is -0.426. The molecule has 24 heavy (non-hydrogen) atoms. The minimum absolute atomic E-state index is 0.130. The number of rotatable bonds is 8. The zero-order valence-electron chi connectivity index (χ0n) is 13.5. The molecule has 2 aromatic rings. The Labute approximate surface area is 145 Å². The molecule has 0 spiro atoms. The summed E-state index contributed by atoms with van der Waals surface area (Å²) in [7, 11) is 1.32. The Kier molecular flexibility index (Phi) is 6.96. The third-order valence-corrected chi connectivity index (χ3v) is 4.80. The zero-order chi connectivity index (χ0) is 17.4. The van der Waals surface area contributed by atoms with Crippen molar-refractivity contribution in [1.29, 1.82) is 0 Å². The minimum Gasteiger partial charge on any atom is -0.465 e. The number of carbonyl (C=O) groups is 2. The number of methoxy groups -OCH3 is 1. The van der Waals surface area contributed by atoms with Crippen LogP contribution >= 0.6 is 11.3 Å². The molecule has 2 N–H and O–H groups in total. The van der Waals surface area contributed by atoms with Crippen LogP contribution in [0.15, 0.2) is 41.8 Å². The third kappa shape index (κ3) is 4.91. The molecule has 5 nitrogen and oxygen atoms in total. The van der Waals surface area contributed by atoms with Gasteiger partial charge in [-0.05, 0) is 54.5 Å². The quantitative estimate of drug-likeness (QED) is 0.720. The molecule has 6 heteroatoms. The molecule has 1 aromatic carbocycles. The average Bonchev–Trinajstić information content (AvgIpc) is 3.14. The van der Waals surface area contributed by atoms with Gasteiger partial charge in [0.1, 0.15) is 0 Å². The van der Waals surface area contributed by atoms with Crippen molar-refractivity contribution in [3.63, 3.8) is 0 Å². The van der Waals surface area contributed by atoms with Crippen molar-refractivity contribution in [3.05, 3.63) is 57.8 Å². The maximum absolute atomic E-state index is 12.1. The summed E-state index contributed by atoms with van der Waals surface area (Å²) in [6.07, 6.45) is 1.46. The fourth-order valence-electron chi connectivity index (χ4n) is 2.45. The fraction of sp³-hybridized carbons (Fsp3) is 0.333. The summed E-state index contributed by atoms with van der Waals surface area (Å²) < 4.78 is 4.63. The first-order chi connectivity index (χ1) is 11.7. The summed E-state index contributed by atoms with van der Waals surface area (Å²) in [5, 5.41) is 14.1. The number of hydrogen-bond acceptors (Lipinski definition) is 5. The van der Waals surface area contributed by atoms with Crippen molar-refractivity contribution in [2.75, 3.05) is 20.3 Å². The summed E-state index contributed by atoms with van der Waals surface area (Å²) >= 11 is 1.67. The number of aliphatic hydroxyl groups is 1. The zero-order valence-corrected chi connectivity index (χ0v) is 14.3. The van der Waals surface area contributed by atoms with Crippen LogP contribution in [0.5, 0.6) is 0 Å². The van der Waals surface area contributed by atoms with Crippen LogP contribution in [-0.4, -0.2) is 37.2 Å². The molecule has 0 fully saturated rings. The summed E-state index contributed by atoms with van der Waals surface area (Å²) in [5.41, 5.74) is 0.909. The number of ether oxygens (including phenoxy) is 1. The lowest BCUT2D eigenvalue weighted by molar-refractivity contribution is 0.0600. The van der Waals surface area contributed by atoms with E-state index >= 15 is 0 Å². The number of nitrogens with one attached hydrogen (secondary N) is 1. The maximum Gasteiger partial charge on any atom is 0.337 e. The normalized spacial score (nSPS) is 11.8. The molecule has 1 heterocycles. The number of esters is 1. The largest absolute Gasteiger partial charge is 0.465 e. The van der Waals surface area contributed by atoms with Crippen LogP contribution < -0.4 is 5.32 Å². The molecule has 1 aromatic heterocycles. The van der Waals surface area contributed by atoms with Gasteiger partial charge in [-0.2, -0.15) is 0 Å². The Bertz CT molecular complexity index is 652. The van der Waals surface area contributed by atoms with E-state index in [1.807, 2.05) is 11.4 Å². The van der Waals surface area contributed by atoms with Gasteiger partial charge in [0.05, 0.1) is 12.7 Å². The predicted molar refractivity (Wildman–Crippen MR) is 93.5 cm³/mol. The van der Waals surface area contributed by atoms with Gasteiger partial charge in [0.2, 0.25) is 0 Å². The van der Waals surface area contributed by atoms with Gasteiger partial charge < -0.3 is 15.2 Å². The van der Waals surface area contributed by atoms with Gasteiger partial charge in [-0.3, -0.25) is 4.79 Å². The van der Waals surface area contributed by atoms with Gasteiger partial charge in [-0.15, -0.1) is 11.3 Å². The van der Waals surface area contributed by atoms with Crippen molar-refractivity contribution in [2.45, 2.75) is 18.8 Å². The van der Waals surface area contributed by atoms with E-state index in [2.05, 4.69) is 16.1 Å². The number of benzene rings is 1. The Balaban J connectivity index is 1.87. The van der Waals surface area contributed by atoms with Crippen LogP contribution in [0.4, 0.5) is 0 Å². The van der Waals surface area contributed by atoms with Crippen LogP contribution in [0.25, 0.3) is 0 Å². The number of hydrogen-bond donors (Lipinski definition) is 2. The summed E-state index contributed by atoms with van der Waals surface area (Å²) in [6, 6.07) is 10.4. The standard InChI is InChI=1S/C18H21NO4S/c1-23-18(22)15-6-4-14(5-7-15)17(21)19-10-8-13(9-11-20)16-3-2-12-24-16/h2-7,12-13,20H,8-11H2,1H3,(H,19,21)/t13-/m1/s1. The number of thiophene rings is 1. The molecule has 0 bridgehead atoms. The van der Waals surface area contributed by atoms with E-state index in [4.69, 9.17) is 0 Å². The Morgan fingerprint density at radius 1 is 1.17 bits per heavy atom. The topological polar surface area (TPSA) is 75.6 Å². The number of carbonyl (C=O) groups excluding carboxylic acids is 2. The van der Waals surface area contributed by atoms with E-state index in [1.54, 1.807) is 35.6 Å². The molecule has 128 valence electrons. The number of aliphatic hydroxyl groups excluding tert-OH is 1. The van der Waals surface area contributed by atoms with E-state index in [0.717, 1.165) is 6.42 Å². The average molecular weight is 347 g/mol. The second kappa shape index (κ2) is 9.20. The van der Waals surface area contributed by atoms with E-state index in [0.29, 0.717) is 24.1 Å². The highest BCUT2D eigenvalue weighted by molar-refractivity contribution is 7.10. The van der Waals surface area contributed by atoms with Crippen LogP contribution in [0.1, 0.15) is 44.4 Å². The molecule has 0 saturated carbocycles. The maximum atomic E-state index is 12.1. The first-order valence-electron chi connectivity index (χ1n) is 7.76. The van der Waals surface area contributed by atoms with Crippen molar-refractivity contribution >= 4 is 23.2 Å². The number of amides is 1. The van der Waals surface area contributed by atoms with E-state index in [-0.39, 0.29) is 18.4 Å². The lowest BCUT2D eigenvalue weighted by Crippen LogP contribution is -2.25. The monoisotopic (exact) mass is 347 g/mol. The van der Waals surface area contributed by atoms with Crippen LogP contribution in [-0.2, 0) is 4.74 Å². The lowest BCUT2D eigenvalue weighted by Gasteiger charge is -2.14. The highest BCUT2D eigenvalue weighted by Crippen LogP contribution is 2.26. The lowest BCUT2D eigenvalue weighted by atomic mass is 10.00. The molecule has 0 saturated heterocycles. The molecule has 0 radical (unpaired) electrons. The van der Waals surface area contributed by atoms with Crippen LogP contribution in [0, 0.1) is 0 Å². The Morgan fingerprint density at radius 2 is 1.88 bits per heavy atom. The van der Waals surface area contributed by atoms with E-state index < -0.39 is 5.97 Å². The molecule has 0 aliphatic heterocycles. The first-order valence-corrected chi connectivity index (χ1v) is 8.64. The van der Waals surface area contributed by atoms with E-state index in [9.17, 15) is 14.7 Å². The SMILES string of the molecule is COC(=O)c1ccc(C(=O)NCC[C@H](CCO)c2cccs2)cc1.